The molecule has 0 bridgehead atoms. The second-order valence-corrected chi connectivity index (χ2v) is 6.52. The summed E-state index contributed by atoms with van der Waals surface area (Å²) in [7, 11) is 0. The number of aliphatic hydroxyl groups excluding tert-OH is 2. The lowest BCUT2D eigenvalue weighted by molar-refractivity contribution is -0.137. The summed E-state index contributed by atoms with van der Waals surface area (Å²) in [5, 5.41) is 23.0. The molecule has 1 aromatic heterocycles. The minimum atomic E-state index is -4.40. The second-order valence-electron chi connectivity index (χ2n) is 6.52. The first kappa shape index (κ1) is 19.4. The van der Waals surface area contributed by atoms with Gasteiger partial charge in [0.1, 0.15) is 6.10 Å². The number of hydrogen-bond acceptors (Lipinski definition) is 4. The number of aliphatic hydroxyl groups is 2. The molecule has 1 aromatic carbocycles. The molecule has 0 spiro atoms. The SMILES string of the molecule is O=C(Cc1ccc(C(F)(F)F)cc1)N1CCCn2nc(C(O)CO)cc2C1. The van der Waals surface area contributed by atoms with E-state index in [4.69, 9.17) is 5.11 Å². The highest BCUT2D eigenvalue weighted by atomic mass is 19.4. The molecular formula is C18H20F3N3O3. The lowest BCUT2D eigenvalue weighted by atomic mass is 10.1. The highest BCUT2D eigenvalue weighted by Crippen LogP contribution is 2.29. The van der Waals surface area contributed by atoms with Crippen molar-refractivity contribution in [2.45, 2.75) is 38.2 Å². The van der Waals surface area contributed by atoms with Crippen molar-refractivity contribution in [2.75, 3.05) is 13.2 Å². The van der Waals surface area contributed by atoms with Crippen LogP contribution in [0.1, 0.15) is 35.0 Å². The van der Waals surface area contributed by atoms with E-state index < -0.39 is 24.5 Å². The highest BCUT2D eigenvalue weighted by molar-refractivity contribution is 5.78. The average molecular weight is 383 g/mol. The highest BCUT2D eigenvalue weighted by Gasteiger charge is 2.30. The van der Waals surface area contributed by atoms with Crippen LogP contribution in [0.2, 0.25) is 0 Å². The standard InChI is InChI=1S/C18H20F3N3O3/c19-18(20,21)13-4-2-12(3-5-13)8-17(27)23-6-1-7-24-14(10-23)9-15(22-24)16(26)11-25/h2-5,9,16,25-26H,1,6-8,10-11H2. The van der Waals surface area contributed by atoms with Crippen LogP contribution in [0.5, 0.6) is 0 Å². The molecular weight excluding hydrogens is 363 g/mol. The van der Waals surface area contributed by atoms with Gasteiger partial charge in [0.25, 0.3) is 0 Å². The summed E-state index contributed by atoms with van der Waals surface area (Å²) >= 11 is 0. The monoisotopic (exact) mass is 383 g/mol. The van der Waals surface area contributed by atoms with Crippen LogP contribution in [0.4, 0.5) is 13.2 Å². The van der Waals surface area contributed by atoms with Gasteiger partial charge in [0.2, 0.25) is 5.91 Å². The first-order chi connectivity index (χ1) is 12.8. The molecule has 0 saturated carbocycles. The molecule has 0 saturated heterocycles. The number of benzene rings is 1. The number of halogens is 3. The quantitative estimate of drug-likeness (QED) is 0.845. The fraction of sp³-hybridized carbons (Fsp3) is 0.444. The van der Waals surface area contributed by atoms with Gasteiger partial charge in [-0.3, -0.25) is 9.48 Å². The predicted octanol–water partition coefficient (Wildman–Crippen LogP) is 1.90. The fourth-order valence-electron chi connectivity index (χ4n) is 3.05. The number of alkyl halides is 3. The van der Waals surface area contributed by atoms with Crippen LogP contribution in [-0.4, -0.2) is 44.0 Å². The van der Waals surface area contributed by atoms with E-state index in [2.05, 4.69) is 5.10 Å². The van der Waals surface area contributed by atoms with Crippen LogP contribution in [0, 0.1) is 0 Å². The molecule has 9 heteroatoms. The number of amides is 1. The number of rotatable bonds is 4. The zero-order valence-electron chi connectivity index (χ0n) is 14.5. The average Bonchev–Trinajstić information content (AvgIpc) is 2.92. The smallest absolute Gasteiger partial charge is 0.393 e. The summed E-state index contributed by atoms with van der Waals surface area (Å²) in [4.78, 5) is 14.2. The van der Waals surface area contributed by atoms with Crippen LogP contribution in [-0.2, 0) is 30.5 Å². The number of nitrogens with zero attached hydrogens (tertiary/aromatic N) is 3. The van der Waals surface area contributed by atoms with Gasteiger partial charge >= 0.3 is 6.18 Å². The lowest BCUT2D eigenvalue weighted by Crippen LogP contribution is -2.32. The van der Waals surface area contributed by atoms with Crippen molar-refractivity contribution in [3.05, 3.63) is 52.8 Å². The van der Waals surface area contributed by atoms with Gasteiger partial charge in [-0.05, 0) is 30.2 Å². The third-order valence-electron chi connectivity index (χ3n) is 4.54. The van der Waals surface area contributed by atoms with Gasteiger partial charge in [0, 0.05) is 13.1 Å². The molecule has 2 N–H and O–H groups in total. The molecule has 1 aliphatic rings. The Morgan fingerprint density at radius 1 is 1.22 bits per heavy atom. The Hall–Kier alpha value is -2.39. The predicted molar refractivity (Wildman–Crippen MR) is 89.5 cm³/mol. The van der Waals surface area contributed by atoms with Crippen LogP contribution >= 0.6 is 0 Å². The Labute approximate surface area is 153 Å². The van der Waals surface area contributed by atoms with E-state index in [-0.39, 0.29) is 12.3 Å². The van der Waals surface area contributed by atoms with Gasteiger partial charge in [-0.2, -0.15) is 18.3 Å². The summed E-state index contributed by atoms with van der Waals surface area (Å²) in [6, 6.07) is 6.24. The van der Waals surface area contributed by atoms with Gasteiger partial charge in [0.15, 0.2) is 0 Å². The van der Waals surface area contributed by atoms with Crippen molar-refractivity contribution in [3.63, 3.8) is 0 Å². The maximum absolute atomic E-state index is 12.6. The van der Waals surface area contributed by atoms with E-state index in [1.807, 2.05) is 0 Å². The molecule has 2 heterocycles. The minimum Gasteiger partial charge on any atom is -0.393 e. The molecule has 6 nitrogen and oxygen atoms in total. The van der Waals surface area contributed by atoms with Crippen LogP contribution < -0.4 is 0 Å². The lowest BCUT2D eigenvalue weighted by Gasteiger charge is -2.20. The molecule has 1 aliphatic heterocycles. The molecule has 1 atom stereocenters. The van der Waals surface area contributed by atoms with Crippen LogP contribution in [0.15, 0.2) is 30.3 Å². The third kappa shape index (κ3) is 4.48. The van der Waals surface area contributed by atoms with Gasteiger partial charge in [-0.15, -0.1) is 0 Å². The first-order valence-corrected chi connectivity index (χ1v) is 8.57. The molecule has 27 heavy (non-hydrogen) atoms. The van der Waals surface area contributed by atoms with Gasteiger partial charge in [-0.1, -0.05) is 12.1 Å². The molecule has 3 rings (SSSR count). The molecule has 0 fully saturated rings. The Morgan fingerprint density at radius 2 is 1.93 bits per heavy atom. The Morgan fingerprint density at radius 3 is 2.56 bits per heavy atom. The molecule has 1 amide bonds. The van der Waals surface area contributed by atoms with Crippen LogP contribution in [0.3, 0.4) is 0 Å². The summed E-state index contributed by atoms with van der Waals surface area (Å²) in [6.45, 7) is 0.954. The summed E-state index contributed by atoms with van der Waals surface area (Å²) < 4.78 is 39.6. The zero-order chi connectivity index (χ0) is 19.6. The second kappa shape index (κ2) is 7.69. The number of carbonyl (C=O) groups is 1. The van der Waals surface area contributed by atoms with Crippen LogP contribution in [0.25, 0.3) is 0 Å². The topological polar surface area (TPSA) is 78.6 Å². The van der Waals surface area contributed by atoms with Crippen molar-refractivity contribution < 1.29 is 28.2 Å². The van der Waals surface area contributed by atoms with E-state index in [0.717, 1.165) is 17.8 Å². The summed E-state index contributed by atoms with van der Waals surface area (Å²) in [6.07, 6.45) is -4.79. The number of hydrogen-bond donors (Lipinski definition) is 2. The van der Waals surface area contributed by atoms with Gasteiger partial charge in [0.05, 0.1) is 36.5 Å². The first-order valence-electron chi connectivity index (χ1n) is 8.57. The molecule has 0 aliphatic carbocycles. The van der Waals surface area contributed by atoms with E-state index >= 15 is 0 Å². The van der Waals surface area contributed by atoms with Crippen molar-refractivity contribution in [3.8, 4) is 0 Å². The molecule has 2 aromatic rings. The zero-order valence-corrected chi connectivity index (χ0v) is 14.5. The van der Waals surface area contributed by atoms with E-state index in [9.17, 15) is 23.1 Å². The van der Waals surface area contributed by atoms with E-state index in [1.165, 1.54) is 12.1 Å². The van der Waals surface area contributed by atoms with Crippen molar-refractivity contribution in [1.82, 2.24) is 14.7 Å². The van der Waals surface area contributed by atoms with E-state index in [0.29, 0.717) is 37.3 Å². The fourth-order valence-corrected chi connectivity index (χ4v) is 3.05. The number of aryl methyl sites for hydroxylation is 1. The normalized spacial score (nSPS) is 16.0. The largest absolute Gasteiger partial charge is 0.416 e. The summed E-state index contributed by atoms with van der Waals surface area (Å²) in [5.41, 5.74) is 0.870. The van der Waals surface area contributed by atoms with Crippen molar-refractivity contribution in [1.29, 1.82) is 0 Å². The van der Waals surface area contributed by atoms with Gasteiger partial charge < -0.3 is 15.1 Å². The Balaban J connectivity index is 1.69. The molecule has 1 unspecified atom stereocenters. The number of aromatic nitrogens is 2. The number of fused-ring (bicyclic) bond motifs is 1. The molecule has 146 valence electrons. The van der Waals surface area contributed by atoms with Gasteiger partial charge in [-0.25, -0.2) is 0 Å². The van der Waals surface area contributed by atoms with Crippen molar-refractivity contribution in [2.24, 2.45) is 0 Å². The summed E-state index contributed by atoms with van der Waals surface area (Å²) in [5.74, 6) is -0.186. The Kier molecular flexibility index (Phi) is 5.52. The van der Waals surface area contributed by atoms with Crippen molar-refractivity contribution >= 4 is 5.91 Å². The van der Waals surface area contributed by atoms with E-state index in [1.54, 1.807) is 15.6 Å². The third-order valence-corrected chi connectivity index (χ3v) is 4.54. The number of carbonyl (C=O) groups excluding carboxylic acids is 1. The minimum absolute atomic E-state index is 0.0123. The Bertz CT molecular complexity index is 802. The maximum Gasteiger partial charge on any atom is 0.416 e. The maximum atomic E-state index is 12.6. The molecule has 0 radical (unpaired) electrons.